The molecule has 1 aromatic rings. The van der Waals surface area contributed by atoms with E-state index in [9.17, 15) is 0 Å². The first-order valence-electron chi connectivity index (χ1n) is 6.88. The van der Waals surface area contributed by atoms with Gasteiger partial charge >= 0.3 is 0 Å². The highest BCUT2D eigenvalue weighted by atomic mass is 14.4. The number of aryl methyl sites for hydroxylation is 1. The van der Waals surface area contributed by atoms with Crippen molar-refractivity contribution in [2.24, 2.45) is 0 Å². The van der Waals surface area contributed by atoms with Crippen LogP contribution in [-0.4, -0.2) is 0 Å². The molecule has 0 heterocycles. The Morgan fingerprint density at radius 2 is 2.12 bits per heavy atom. The molecule has 0 N–H and O–H groups in total. The lowest BCUT2D eigenvalue weighted by Gasteiger charge is -2.35. The zero-order chi connectivity index (χ0) is 12.1. The molecule has 0 heteroatoms. The van der Waals surface area contributed by atoms with Gasteiger partial charge in [-0.05, 0) is 36.8 Å². The predicted molar refractivity (Wildman–Crippen MR) is 74.0 cm³/mol. The Hall–Kier alpha value is -1.22. The molecule has 1 aliphatic carbocycles. The molecule has 90 valence electrons. The summed E-state index contributed by atoms with van der Waals surface area (Å²) in [6.07, 6.45) is 14.5. The van der Waals surface area contributed by atoms with Crippen molar-refractivity contribution >= 4 is 0 Å². The highest BCUT2D eigenvalue weighted by Crippen LogP contribution is 2.40. The molecule has 0 bridgehead atoms. The number of benzene rings is 1. The molecule has 17 heavy (non-hydrogen) atoms. The summed E-state index contributed by atoms with van der Waals surface area (Å²) in [6.45, 7) is 2.25. The summed E-state index contributed by atoms with van der Waals surface area (Å²) < 4.78 is 0. The smallest absolute Gasteiger partial charge is 0.0563 e. The van der Waals surface area contributed by atoms with Crippen molar-refractivity contribution in [3.8, 4) is 12.3 Å². The quantitative estimate of drug-likeness (QED) is 0.525. The van der Waals surface area contributed by atoms with Gasteiger partial charge in [0.15, 0.2) is 0 Å². The Morgan fingerprint density at radius 1 is 1.29 bits per heavy atom. The minimum atomic E-state index is 0.0318. The van der Waals surface area contributed by atoms with Crippen molar-refractivity contribution in [2.75, 3.05) is 0 Å². The number of fused-ring (bicyclic) bond motifs is 1. The lowest BCUT2D eigenvalue weighted by molar-refractivity contribution is 0.409. The van der Waals surface area contributed by atoms with E-state index in [1.165, 1.54) is 49.7 Å². The van der Waals surface area contributed by atoms with Gasteiger partial charge in [-0.25, -0.2) is 0 Å². The summed E-state index contributed by atoms with van der Waals surface area (Å²) in [5.74, 6) is 3.13. The van der Waals surface area contributed by atoms with E-state index in [0.717, 1.165) is 6.42 Å². The van der Waals surface area contributed by atoms with Gasteiger partial charge in [-0.2, -0.15) is 0 Å². The van der Waals surface area contributed by atoms with Crippen molar-refractivity contribution in [2.45, 2.75) is 57.3 Å². The van der Waals surface area contributed by atoms with Gasteiger partial charge in [-0.1, -0.05) is 56.4 Å². The minimum absolute atomic E-state index is 0.0318. The van der Waals surface area contributed by atoms with Crippen molar-refractivity contribution in [1.82, 2.24) is 0 Å². The molecule has 1 atom stereocenters. The highest BCUT2D eigenvalue weighted by molar-refractivity contribution is 5.42. The topological polar surface area (TPSA) is 0 Å². The van der Waals surface area contributed by atoms with E-state index in [4.69, 9.17) is 6.42 Å². The zero-order valence-electron chi connectivity index (χ0n) is 10.8. The number of unbranched alkanes of at least 4 members (excludes halogenated alkanes) is 2. The predicted octanol–water partition coefficient (Wildman–Crippen LogP) is 4.47. The highest BCUT2D eigenvalue weighted by Gasteiger charge is 2.33. The first-order chi connectivity index (χ1) is 8.32. The Labute approximate surface area is 105 Å². The molecule has 2 rings (SSSR count). The Morgan fingerprint density at radius 3 is 2.88 bits per heavy atom. The summed E-state index contributed by atoms with van der Waals surface area (Å²) in [4.78, 5) is 0. The fourth-order valence-corrected chi connectivity index (χ4v) is 3.08. The molecular weight excluding hydrogens is 204 g/mol. The largest absolute Gasteiger partial charge is 0.119 e. The van der Waals surface area contributed by atoms with Gasteiger partial charge in [0.05, 0.1) is 5.41 Å². The van der Waals surface area contributed by atoms with Gasteiger partial charge < -0.3 is 0 Å². The fourth-order valence-electron chi connectivity index (χ4n) is 3.08. The number of hydrogen-bond donors (Lipinski definition) is 0. The maximum Gasteiger partial charge on any atom is 0.0563 e. The van der Waals surface area contributed by atoms with E-state index in [-0.39, 0.29) is 5.41 Å². The first-order valence-corrected chi connectivity index (χ1v) is 6.88. The summed E-state index contributed by atoms with van der Waals surface area (Å²) in [6, 6.07) is 8.77. The van der Waals surface area contributed by atoms with Crippen LogP contribution in [-0.2, 0) is 11.8 Å². The van der Waals surface area contributed by atoms with Gasteiger partial charge in [0.2, 0.25) is 0 Å². The minimum Gasteiger partial charge on any atom is -0.119 e. The summed E-state index contributed by atoms with van der Waals surface area (Å²) in [7, 11) is 0. The normalized spacial score (nSPS) is 22.8. The lowest BCUT2D eigenvalue weighted by Crippen LogP contribution is -2.29. The van der Waals surface area contributed by atoms with E-state index in [2.05, 4.69) is 37.1 Å². The zero-order valence-corrected chi connectivity index (χ0v) is 10.8. The van der Waals surface area contributed by atoms with Crippen LogP contribution in [0, 0.1) is 12.3 Å². The molecule has 0 radical (unpaired) electrons. The van der Waals surface area contributed by atoms with Gasteiger partial charge in [-0.3, -0.25) is 0 Å². The molecule has 0 aromatic heterocycles. The maximum atomic E-state index is 5.89. The molecule has 1 aliphatic rings. The van der Waals surface area contributed by atoms with E-state index in [0.29, 0.717) is 0 Å². The third-order valence-corrected chi connectivity index (χ3v) is 4.07. The molecule has 0 saturated carbocycles. The summed E-state index contributed by atoms with van der Waals surface area (Å²) >= 11 is 0. The van der Waals surface area contributed by atoms with Gasteiger partial charge in [0.1, 0.15) is 0 Å². The van der Waals surface area contributed by atoms with E-state index in [1.807, 2.05) is 0 Å². The molecule has 0 saturated heterocycles. The van der Waals surface area contributed by atoms with Crippen molar-refractivity contribution in [3.63, 3.8) is 0 Å². The molecule has 0 aliphatic heterocycles. The lowest BCUT2D eigenvalue weighted by atomic mass is 9.68. The van der Waals surface area contributed by atoms with Crippen molar-refractivity contribution in [3.05, 3.63) is 35.4 Å². The third-order valence-electron chi connectivity index (χ3n) is 4.07. The van der Waals surface area contributed by atoms with E-state index in [1.54, 1.807) is 0 Å². The molecule has 0 amide bonds. The van der Waals surface area contributed by atoms with Crippen LogP contribution < -0.4 is 0 Å². The van der Waals surface area contributed by atoms with Crippen molar-refractivity contribution < 1.29 is 0 Å². The number of hydrogen-bond acceptors (Lipinski definition) is 0. The monoisotopic (exact) mass is 226 g/mol. The van der Waals surface area contributed by atoms with Gasteiger partial charge in [-0.15, -0.1) is 6.42 Å². The molecule has 1 aromatic carbocycles. The fraction of sp³-hybridized carbons (Fsp3) is 0.529. The SMILES string of the molecule is C#CC1(CCCCC)CCCc2ccccc21. The van der Waals surface area contributed by atoms with E-state index >= 15 is 0 Å². The van der Waals surface area contributed by atoms with Crippen LogP contribution >= 0.6 is 0 Å². The van der Waals surface area contributed by atoms with Crippen LogP contribution in [0.2, 0.25) is 0 Å². The molecule has 0 spiro atoms. The molecule has 1 unspecified atom stereocenters. The Bertz CT molecular complexity index is 410. The van der Waals surface area contributed by atoms with Crippen LogP contribution in [0.1, 0.15) is 56.6 Å². The number of rotatable bonds is 4. The second kappa shape index (κ2) is 5.41. The van der Waals surface area contributed by atoms with E-state index < -0.39 is 0 Å². The molecule has 0 fully saturated rings. The Kier molecular flexibility index (Phi) is 3.89. The summed E-state index contributed by atoms with van der Waals surface area (Å²) in [5.41, 5.74) is 2.95. The molecule has 0 nitrogen and oxygen atoms in total. The van der Waals surface area contributed by atoms with Crippen LogP contribution in [0.25, 0.3) is 0 Å². The van der Waals surface area contributed by atoms with Gasteiger partial charge in [0, 0.05) is 0 Å². The average Bonchev–Trinajstić information content (AvgIpc) is 2.39. The maximum absolute atomic E-state index is 5.89. The average molecular weight is 226 g/mol. The Balaban J connectivity index is 2.27. The summed E-state index contributed by atoms with van der Waals surface area (Å²) in [5, 5.41) is 0. The van der Waals surface area contributed by atoms with Crippen LogP contribution in [0.3, 0.4) is 0 Å². The van der Waals surface area contributed by atoms with Crippen LogP contribution in [0.5, 0.6) is 0 Å². The third kappa shape index (κ3) is 2.39. The second-order valence-corrected chi connectivity index (χ2v) is 5.19. The molecular formula is C17H22. The van der Waals surface area contributed by atoms with Crippen LogP contribution in [0.15, 0.2) is 24.3 Å². The second-order valence-electron chi connectivity index (χ2n) is 5.19. The number of terminal acetylenes is 1. The first kappa shape index (κ1) is 12.2. The van der Waals surface area contributed by atoms with Crippen LogP contribution in [0.4, 0.5) is 0 Å². The van der Waals surface area contributed by atoms with Crippen molar-refractivity contribution in [1.29, 1.82) is 0 Å². The van der Waals surface area contributed by atoms with Gasteiger partial charge in [0.25, 0.3) is 0 Å². The standard InChI is InChI=1S/C17H22/c1-3-5-8-13-17(4-2)14-9-11-15-10-6-7-12-16(15)17/h2,6-7,10,12H,3,5,8-9,11,13-14H2,1H3.